The minimum Gasteiger partial charge on any atom is -0.382 e. The summed E-state index contributed by atoms with van der Waals surface area (Å²) in [5.41, 5.74) is 1.26. The molecule has 0 spiro atoms. The fourth-order valence-electron chi connectivity index (χ4n) is 3.59. The number of hydrogen-bond donors (Lipinski definition) is 1. The fraction of sp³-hybridized carbons (Fsp3) is 0.524. The van der Waals surface area contributed by atoms with Crippen LogP contribution in [0.2, 0.25) is 0 Å². The maximum Gasteiger partial charge on any atom is 0.390 e. The Kier molecular flexibility index (Phi) is 6.98. The Morgan fingerprint density at radius 2 is 1.90 bits per heavy atom. The number of aryl methyl sites for hydroxylation is 1. The van der Waals surface area contributed by atoms with E-state index >= 15 is 0 Å². The number of guanidine groups is 1. The summed E-state index contributed by atoms with van der Waals surface area (Å²) in [5, 5.41) is 3.33. The van der Waals surface area contributed by atoms with Crippen LogP contribution in [0, 0.1) is 0 Å². The van der Waals surface area contributed by atoms with Gasteiger partial charge in [0.1, 0.15) is 0 Å². The zero-order chi connectivity index (χ0) is 20.8. The Morgan fingerprint density at radius 1 is 1.14 bits per heavy atom. The van der Waals surface area contributed by atoms with E-state index in [-0.39, 0.29) is 11.9 Å². The van der Waals surface area contributed by atoms with Crippen molar-refractivity contribution in [1.29, 1.82) is 0 Å². The molecule has 1 atom stereocenters. The maximum atomic E-state index is 12.9. The van der Waals surface area contributed by atoms with Gasteiger partial charge >= 0.3 is 12.0 Å². The summed E-state index contributed by atoms with van der Waals surface area (Å²) >= 11 is 0. The molecule has 0 aliphatic carbocycles. The van der Waals surface area contributed by atoms with Crippen LogP contribution >= 0.6 is 0 Å². The van der Waals surface area contributed by atoms with Crippen molar-refractivity contribution in [2.45, 2.75) is 32.2 Å². The number of imide groups is 1. The molecule has 1 aromatic carbocycles. The number of carbonyl (C=O) groups excluding carboxylic acids is 2. The SMILES string of the molecule is CCOCCCNC1=[N+](CCCc2ccccc2)C2C(=O)N(C)C(=O)N(C)C2=N1. The van der Waals surface area contributed by atoms with E-state index in [0.29, 0.717) is 38.1 Å². The highest BCUT2D eigenvalue weighted by atomic mass is 16.5. The summed E-state index contributed by atoms with van der Waals surface area (Å²) in [6, 6.07) is 9.36. The highest BCUT2D eigenvalue weighted by Crippen LogP contribution is 2.19. The Balaban J connectivity index is 1.74. The lowest BCUT2D eigenvalue weighted by Crippen LogP contribution is -2.61. The second kappa shape index (κ2) is 9.65. The minimum atomic E-state index is -0.562. The van der Waals surface area contributed by atoms with Crippen molar-refractivity contribution >= 4 is 23.7 Å². The number of nitrogens with zero attached hydrogens (tertiary/aromatic N) is 4. The summed E-state index contributed by atoms with van der Waals surface area (Å²) in [7, 11) is 3.19. The van der Waals surface area contributed by atoms with Gasteiger partial charge in [-0.15, -0.1) is 0 Å². The van der Waals surface area contributed by atoms with Crippen LogP contribution < -0.4 is 5.32 Å². The summed E-state index contributed by atoms with van der Waals surface area (Å²) in [6.45, 7) is 4.70. The molecule has 0 aromatic heterocycles. The minimum absolute atomic E-state index is 0.238. The molecule has 3 rings (SSSR count). The summed E-state index contributed by atoms with van der Waals surface area (Å²) in [6.07, 6.45) is 2.63. The van der Waals surface area contributed by atoms with Crippen molar-refractivity contribution in [3.63, 3.8) is 0 Å². The average molecular weight is 401 g/mol. The average Bonchev–Trinajstić information content (AvgIpc) is 3.10. The summed E-state index contributed by atoms with van der Waals surface area (Å²) in [4.78, 5) is 32.4. The zero-order valence-corrected chi connectivity index (χ0v) is 17.4. The smallest absolute Gasteiger partial charge is 0.382 e. The van der Waals surface area contributed by atoms with Gasteiger partial charge in [0.15, 0.2) is 0 Å². The van der Waals surface area contributed by atoms with E-state index in [4.69, 9.17) is 4.74 Å². The van der Waals surface area contributed by atoms with Gasteiger partial charge in [-0.05, 0) is 25.3 Å². The molecule has 2 heterocycles. The third-order valence-electron chi connectivity index (χ3n) is 5.19. The Bertz CT molecular complexity index is 806. The molecule has 3 amide bonds. The fourth-order valence-corrected chi connectivity index (χ4v) is 3.59. The van der Waals surface area contributed by atoms with E-state index in [0.717, 1.165) is 19.3 Å². The highest BCUT2D eigenvalue weighted by Gasteiger charge is 2.51. The zero-order valence-electron chi connectivity index (χ0n) is 17.4. The number of rotatable bonds is 9. The van der Waals surface area contributed by atoms with Crippen LogP contribution in [0.15, 0.2) is 35.3 Å². The van der Waals surface area contributed by atoms with Gasteiger partial charge in [0.2, 0.25) is 11.9 Å². The number of carbonyl (C=O) groups is 2. The second-order valence-electron chi connectivity index (χ2n) is 7.19. The topological polar surface area (TPSA) is 77.2 Å². The molecule has 8 nitrogen and oxygen atoms in total. The molecule has 2 aliphatic heterocycles. The number of benzene rings is 1. The van der Waals surface area contributed by atoms with Crippen LogP contribution in [0.25, 0.3) is 0 Å². The molecule has 156 valence electrons. The van der Waals surface area contributed by atoms with Gasteiger partial charge in [-0.3, -0.25) is 19.9 Å². The van der Waals surface area contributed by atoms with Crippen molar-refractivity contribution in [3.8, 4) is 0 Å². The number of urea groups is 1. The van der Waals surface area contributed by atoms with E-state index in [1.54, 1.807) is 7.05 Å². The van der Waals surface area contributed by atoms with Crippen LogP contribution in [0.1, 0.15) is 25.3 Å². The van der Waals surface area contributed by atoms with Crippen LogP contribution in [0.5, 0.6) is 0 Å². The standard InChI is InChI=1S/C21H29N5O3/c1-4-29-15-9-13-22-20-23-18-17(19(27)25(3)21(28)24(18)2)26(20)14-8-12-16-10-6-5-7-11-16/h5-7,10-11,17H,4,8-9,12-15H2,1-3H3/p+1. The monoisotopic (exact) mass is 400 g/mol. The molecule has 0 bridgehead atoms. The van der Waals surface area contributed by atoms with Crippen molar-refractivity contribution in [3.05, 3.63) is 35.9 Å². The van der Waals surface area contributed by atoms with E-state index in [1.807, 2.05) is 29.7 Å². The van der Waals surface area contributed by atoms with Gasteiger partial charge in [0.25, 0.3) is 5.91 Å². The first-order chi connectivity index (χ1) is 14.0. The normalized spacial score (nSPS) is 19.0. The Labute approximate surface area is 171 Å². The Morgan fingerprint density at radius 3 is 2.62 bits per heavy atom. The number of amidine groups is 1. The molecule has 0 saturated carbocycles. The van der Waals surface area contributed by atoms with Gasteiger partial charge < -0.3 is 4.74 Å². The molecule has 1 N–H and O–H groups in total. The summed E-state index contributed by atoms with van der Waals surface area (Å²) in [5.74, 6) is 0.903. The number of amides is 3. The third-order valence-corrected chi connectivity index (χ3v) is 5.19. The molecule has 1 aromatic rings. The third kappa shape index (κ3) is 4.64. The van der Waals surface area contributed by atoms with E-state index < -0.39 is 6.04 Å². The lowest BCUT2D eigenvalue weighted by molar-refractivity contribution is -0.537. The lowest BCUT2D eigenvalue weighted by Gasteiger charge is -2.31. The second-order valence-corrected chi connectivity index (χ2v) is 7.19. The lowest BCUT2D eigenvalue weighted by atomic mass is 10.1. The maximum absolute atomic E-state index is 12.9. The van der Waals surface area contributed by atoms with Crippen LogP contribution in [-0.4, -0.2) is 84.5 Å². The van der Waals surface area contributed by atoms with Gasteiger partial charge in [-0.25, -0.2) is 9.37 Å². The molecule has 29 heavy (non-hydrogen) atoms. The van der Waals surface area contributed by atoms with Crippen LogP contribution in [-0.2, 0) is 16.0 Å². The first kappa shape index (κ1) is 21.0. The van der Waals surface area contributed by atoms with Crippen LogP contribution in [0.4, 0.5) is 4.79 Å². The van der Waals surface area contributed by atoms with Crippen molar-refractivity contribution in [2.75, 3.05) is 40.4 Å². The molecule has 1 unspecified atom stereocenters. The number of likely N-dealkylation sites (N-methyl/N-ethyl adjacent to an activating group) is 2. The van der Waals surface area contributed by atoms with Gasteiger partial charge in [0.05, 0.1) is 13.1 Å². The van der Waals surface area contributed by atoms with Crippen molar-refractivity contribution in [2.24, 2.45) is 4.99 Å². The van der Waals surface area contributed by atoms with Crippen LogP contribution in [0.3, 0.4) is 0 Å². The molecule has 1 saturated heterocycles. The Hall–Kier alpha value is -2.74. The van der Waals surface area contributed by atoms with E-state index in [1.165, 1.54) is 22.4 Å². The van der Waals surface area contributed by atoms with E-state index in [2.05, 4.69) is 22.4 Å². The van der Waals surface area contributed by atoms with Crippen molar-refractivity contribution < 1.29 is 18.9 Å². The largest absolute Gasteiger partial charge is 0.390 e. The number of hydrogen-bond acceptors (Lipinski definition) is 5. The highest BCUT2D eigenvalue weighted by molar-refractivity contribution is 6.22. The molecule has 1 fully saturated rings. The van der Waals surface area contributed by atoms with Gasteiger partial charge in [-0.1, -0.05) is 35.3 Å². The molecular formula is C21H30N5O3+. The first-order valence-corrected chi connectivity index (χ1v) is 10.2. The van der Waals surface area contributed by atoms with Gasteiger partial charge in [0, 0.05) is 33.7 Å². The van der Waals surface area contributed by atoms with E-state index in [9.17, 15) is 9.59 Å². The van der Waals surface area contributed by atoms with Crippen molar-refractivity contribution in [1.82, 2.24) is 15.1 Å². The predicted octanol–water partition coefficient (Wildman–Crippen LogP) is 1.31. The van der Waals surface area contributed by atoms with Gasteiger partial charge in [-0.2, -0.15) is 0 Å². The number of nitrogens with one attached hydrogen (secondary N) is 1. The molecule has 8 heteroatoms. The number of fused-ring (bicyclic) bond motifs is 1. The molecular weight excluding hydrogens is 370 g/mol. The number of aliphatic imine (C=N–C) groups is 1. The molecule has 0 radical (unpaired) electrons. The molecule has 2 aliphatic rings. The predicted molar refractivity (Wildman–Crippen MR) is 111 cm³/mol. The first-order valence-electron chi connectivity index (χ1n) is 10.2. The summed E-state index contributed by atoms with van der Waals surface area (Å²) < 4.78 is 7.37. The number of ether oxygens (including phenoxy) is 1. The quantitative estimate of drug-likeness (QED) is 0.501.